The number of halogens is 1. The largest absolute Gasteiger partial charge is 0.439 e. The van der Waals surface area contributed by atoms with Crippen molar-refractivity contribution >= 4 is 75.9 Å². The van der Waals surface area contributed by atoms with E-state index in [1.54, 1.807) is 39.8 Å². The van der Waals surface area contributed by atoms with Crippen molar-refractivity contribution < 1.29 is 35.2 Å². The van der Waals surface area contributed by atoms with E-state index in [9.17, 15) is 21.4 Å². The Kier molecular flexibility index (Phi) is 7.44. The molecular weight excluding hydrogens is 584 g/mol. The Morgan fingerprint density at radius 2 is 1.85 bits per heavy atom. The highest BCUT2D eigenvalue weighted by Gasteiger charge is 2.28. The van der Waals surface area contributed by atoms with E-state index in [4.69, 9.17) is 20.9 Å². The van der Waals surface area contributed by atoms with Gasteiger partial charge in [0.05, 0.1) is 16.8 Å². The van der Waals surface area contributed by atoms with Crippen molar-refractivity contribution in [2.75, 3.05) is 17.2 Å². The highest BCUT2D eigenvalue weighted by atomic mass is 35.5. The molecule has 0 fully saturated rings. The molecule has 2 N–H and O–H groups in total. The molecule has 0 saturated carbocycles. The van der Waals surface area contributed by atoms with E-state index in [1.807, 2.05) is 43.3 Å². The van der Waals surface area contributed by atoms with Crippen LogP contribution in [0.4, 0.5) is 5.69 Å². The second-order valence-electron chi connectivity index (χ2n) is 9.09. The van der Waals surface area contributed by atoms with Crippen molar-refractivity contribution in [1.82, 2.24) is 0 Å². The topological polar surface area (TPSA) is 125 Å². The highest BCUT2D eigenvalue weighted by Crippen LogP contribution is 2.41. The summed E-state index contributed by atoms with van der Waals surface area (Å²) < 4.78 is 73.8. The Morgan fingerprint density at radius 3 is 2.59 bits per heavy atom. The molecule has 3 aromatic carbocycles. The van der Waals surface area contributed by atoms with Crippen LogP contribution >= 0.6 is 22.9 Å². The van der Waals surface area contributed by atoms with Gasteiger partial charge in [-0.2, -0.15) is 21.4 Å². The molecule has 0 unspecified atom stereocenters. The van der Waals surface area contributed by atoms with Crippen LogP contribution in [-0.2, 0) is 26.1 Å². The second kappa shape index (κ2) is 10.5. The minimum atomic E-state index is -4.35. The van der Waals surface area contributed by atoms with Gasteiger partial charge in [0.15, 0.2) is 5.75 Å². The number of nitrogens with zero attached hydrogens (tertiary/aromatic N) is 2. The first-order valence-corrected chi connectivity index (χ1v) is 16.2. The third-order valence-corrected chi connectivity index (χ3v) is 8.81. The molecule has 204 valence electrons. The zero-order chi connectivity index (χ0) is 27.9. The van der Waals surface area contributed by atoms with Gasteiger partial charge < -0.3 is 9.64 Å². The number of thiazole rings is 1. The molecule has 13 heteroatoms. The molecule has 1 aliphatic heterocycles. The molecule has 0 spiro atoms. The van der Waals surface area contributed by atoms with E-state index < -0.39 is 31.9 Å². The van der Waals surface area contributed by atoms with Gasteiger partial charge in [-0.25, -0.2) is 0 Å². The number of aromatic nitrogens is 1. The van der Waals surface area contributed by atoms with Gasteiger partial charge in [0, 0.05) is 23.7 Å². The molecule has 1 aliphatic rings. The van der Waals surface area contributed by atoms with Crippen molar-refractivity contribution in [2.24, 2.45) is 0 Å². The van der Waals surface area contributed by atoms with Crippen LogP contribution in [0, 0.1) is 0 Å². The van der Waals surface area contributed by atoms with Gasteiger partial charge in [-0.1, -0.05) is 47.2 Å². The Labute approximate surface area is 234 Å². The second-order valence-corrected chi connectivity index (χ2v) is 13.6. The molecule has 2 heterocycles. The number of hydrogen-bond acceptors (Lipinski definition) is 7. The Bertz CT molecular complexity index is 1880. The maximum absolute atomic E-state index is 12.0. The van der Waals surface area contributed by atoms with Gasteiger partial charge in [-0.3, -0.25) is 9.11 Å². The summed E-state index contributed by atoms with van der Waals surface area (Å²) in [7, 11) is -8.48. The SMILES string of the molecule is CC(/C=C1\Oc2ccc(Cl)cc2N1CCCS(=O)(=O)O)=C\c1sc2ccc3ccccc3c2[n+]1CS(=O)(=O)O. The van der Waals surface area contributed by atoms with Crippen LogP contribution in [-0.4, -0.2) is 38.2 Å². The molecule has 0 radical (unpaired) electrons. The van der Waals surface area contributed by atoms with Gasteiger partial charge in [0.1, 0.15) is 4.70 Å². The first-order valence-electron chi connectivity index (χ1n) is 11.8. The average Bonchev–Trinajstić information content (AvgIpc) is 3.34. The summed E-state index contributed by atoms with van der Waals surface area (Å²) in [5.74, 6) is -0.0597. The number of anilines is 1. The lowest BCUT2D eigenvalue weighted by atomic mass is 10.1. The molecule has 4 aromatic rings. The Morgan fingerprint density at radius 1 is 1.08 bits per heavy atom. The number of allylic oxidation sites excluding steroid dienone is 2. The first kappa shape index (κ1) is 27.6. The molecule has 0 atom stereocenters. The van der Waals surface area contributed by atoms with Crippen LogP contribution < -0.4 is 14.2 Å². The fourth-order valence-corrected chi connectivity index (χ4v) is 7.05. The van der Waals surface area contributed by atoms with E-state index in [0.29, 0.717) is 38.4 Å². The van der Waals surface area contributed by atoms with Crippen LogP contribution in [0.5, 0.6) is 5.75 Å². The predicted molar refractivity (Wildman–Crippen MR) is 153 cm³/mol. The number of ether oxygens (including phenoxy) is 1. The number of benzene rings is 3. The average molecular weight is 608 g/mol. The van der Waals surface area contributed by atoms with Gasteiger partial charge in [-0.15, -0.1) is 0 Å². The summed E-state index contributed by atoms with van der Waals surface area (Å²) in [6.07, 6.45) is 3.70. The maximum atomic E-state index is 12.0. The summed E-state index contributed by atoms with van der Waals surface area (Å²) in [6.45, 7) is 2.06. The normalized spacial score (nSPS) is 15.3. The maximum Gasteiger partial charge on any atom is 0.326 e. The molecular formula is C26H24ClN2O7S3+. The van der Waals surface area contributed by atoms with E-state index in [2.05, 4.69) is 0 Å². The van der Waals surface area contributed by atoms with Gasteiger partial charge in [0.2, 0.25) is 11.4 Å². The minimum Gasteiger partial charge on any atom is -0.439 e. The Hall–Kier alpha value is -3.00. The number of fused-ring (bicyclic) bond motifs is 4. The molecule has 5 rings (SSSR count). The van der Waals surface area contributed by atoms with Crippen LogP contribution in [0.15, 0.2) is 72.1 Å². The quantitative estimate of drug-likeness (QED) is 0.205. The smallest absolute Gasteiger partial charge is 0.326 e. The van der Waals surface area contributed by atoms with E-state index in [1.165, 1.54) is 11.3 Å². The van der Waals surface area contributed by atoms with E-state index >= 15 is 0 Å². The zero-order valence-electron chi connectivity index (χ0n) is 20.6. The van der Waals surface area contributed by atoms with Crippen molar-refractivity contribution in [3.63, 3.8) is 0 Å². The van der Waals surface area contributed by atoms with Crippen molar-refractivity contribution in [3.05, 3.63) is 82.2 Å². The zero-order valence-corrected chi connectivity index (χ0v) is 23.8. The number of hydrogen-bond donors (Lipinski definition) is 2. The van der Waals surface area contributed by atoms with E-state index in [0.717, 1.165) is 15.5 Å². The van der Waals surface area contributed by atoms with Crippen LogP contribution in [0.1, 0.15) is 18.4 Å². The summed E-state index contributed by atoms with van der Waals surface area (Å²) in [5.41, 5.74) is 2.07. The van der Waals surface area contributed by atoms with Gasteiger partial charge >= 0.3 is 10.1 Å². The molecule has 9 nitrogen and oxygen atoms in total. The molecule has 0 bridgehead atoms. The molecule has 0 amide bonds. The lowest BCUT2D eigenvalue weighted by Gasteiger charge is -2.18. The first-order chi connectivity index (χ1) is 18.4. The minimum absolute atomic E-state index is 0.145. The summed E-state index contributed by atoms with van der Waals surface area (Å²) in [4.78, 5) is 1.77. The standard InChI is InChI=1S/C26H23ClN2O7S3/c1-17(13-24-28(11-4-12-38(30,31)32)21-15-19(27)8-9-22(21)36-24)14-25-29(16-39(33,34)35)26-20-6-3-2-5-18(20)7-10-23(26)37-25/h2-3,5-10,13-15H,4,11-12,16H2,1H3,(H-,30,31,32,33,34,35)/p+1. The van der Waals surface area contributed by atoms with Crippen LogP contribution in [0.2, 0.25) is 5.02 Å². The van der Waals surface area contributed by atoms with Crippen LogP contribution in [0.25, 0.3) is 27.1 Å². The lowest BCUT2D eigenvalue weighted by molar-refractivity contribution is -0.648. The summed E-state index contributed by atoms with van der Waals surface area (Å²) >= 11 is 7.57. The third-order valence-electron chi connectivity index (χ3n) is 6.08. The molecule has 0 saturated heterocycles. The summed E-state index contributed by atoms with van der Waals surface area (Å²) in [6, 6.07) is 16.6. The Balaban J connectivity index is 1.57. The van der Waals surface area contributed by atoms with Crippen molar-refractivity contribution in [1.29, 1.82) is 0 Å². The third kappa shape index (κ3) is 6.26. The monoisotopic (exact) mass is 607 g/mol. The highest BCUT2D eigenvalue weighted by molar-refractivity contribution is 7.85. The lowest BCUT2D eigenvalue weighted by Crippen LogP contribution is -2.39. The molecule has 0 aliphatic carbocycles. The van der Waals surface area contributed by atoms with Crippen LogP contribution in [0.3, 0.4) is 0 Å². The molecule has 1 aromatic heterocycles. The van der Waals surface area contributed by atoms with Gasteiger partial charge in [0.25, 0.3) is 21.0 Å². The van der Waals surface area contributed by atoms with Crippen molar-refractivity contribution in [2.45, 2.75) is 19.2 Å². The predicted octanol–water partition coefficient (Wildman–Crippen LogP) is 5.26. The van der Waals surface area contributed by atoms with Gasteiger partial charge in [-0.05, 0) is 54.6 Å². The molecule has 39 heavy (non-hydrogen) atoms. The summed E-state index contributed by atoms with van der Waals surface area (Å²) in [5, 5.41) is 2.89. The fourth-order valence-electron chi connectivity index (χ4n) is 4.52. The van der Waals surface area contributed by atoms with Crippen molar-refractivity contribution in [3.8, 4) is 5.75 Å². The number of rotatable bonds is 8. The van der Waals surface area contributed by atoms with E-state index in [-0.39, 0.29) is 13.0 Å². The fraction of sp³-hybridized carbons (Fsp3) is 0.192.